The van der Waals surface area contributed by atoms with Crippen molar-refractivity contribution in [2.45, 2.75) is 6.92 Å². The molecule has 0 aliphatic rings. The number of hydrogen-bond acceptors (Lipinski definition) is 3. The van der Waals surface area contributed by atoms with E-state index in [-0.39, 0.29) is 5.15 Å². The minimum atomic E-state index is 0.272. The van der Waals surface area contributed by atoms with Gasteiger partial charge in [0.15, 0.2) is 11.0 Å². The van der Waals surface area contributed by atoms with Gasteiger partial charge < -0.3 is 5.73 Å². The second-order valence-electron chi connectivity index (χ2n) is 3.41. The summed E-state index contributed by atoms with van der Waals surface area (Å²) < 4.78 is 0.499. The van der Waals surface area contributed by atoms with Gasteiger partial charge in [-0.15, -0.1) is 0 Å². The van der Waals surface area contributed by atoms with Gasteiger partial charge >= 0.3 is 0 Å². The van der Waals surface area contributed by atoms with Crippen LogP contribution in [-0.4, -0.2) is 9.97 Å². The minimum Gasteiger partial charge on any atom is -0.382 e. The maximum atomic E-state index is 5.80. The van der Waals surface area contributed by atoms with E-state index < -0.39 is 0 Å². The molecule has 0 amide bonds. The Hall–Kier alpha value is -1.13. The summed E-state index contributed by atoms with van der Waals surface area (Å²) in [5.74, 6) is 0.331. The van der Waals surface area contributed by atoms with Gasteiger partial charge in [0.05, 0.1) is 0 Å². The molecule has 0 fully saturated rings. The number of anilines is 1. The summed E-state index contributed by atoms with van der Waals surface area (Å²) in [6, 6.07) is 7.91. The standard InChI is InChI=1S/C11H9BrClN3/c1-6-2-4-7(5-3-6)8-11(14)16-10(13)9(12)15-8/h2-5H,1H3,(H2,14,16). The summed E-state index contributed by atoms with van der Waals surface area (Å²) >= 11 is 9.03. The van der Waals surface area contributed by atoms with E-state index in [4.69, 9.17) is 17.3 Å². The van der Waals surface area contributed by atoms with Crippen molar-refractivity contribution in [1.29, 1.82) is 0 Å². The number of hydrogen-bond donors (Lipinski definition) is 1. The molecule has 5 heteroatoms. The lowest BCUT2D eigenvalue weighted by molar-refractivity contribution is 1.18. The summed E-state index contributed by atoms with van der Waals surface area (Å²) in [5.41, 5.74) is 8.52. The van der Waals surface area contributed by atoms with Crippen molar-refractivity contribution in [3.8, 4) is 11.3 Å². The summed E-state index contributed by atoms with van der Waals surface area (Å²) in [5, 5.41) is 0.272. The number of rotatable bonds is 1. The molecule has 0 aliphatic heterocycles. The van der Waals surface area contributed by atoms with Gasteiger partial charge in [-0.2, -0.15) is 0 Å². The predicted molar refractivity (Wildman–Crippen MR) is 69.3 cm³/mol. The zero-order valence-electron chi connectivity index (χ0n) is 8.54. The maximum absolute atomic E-state index is 5.80. The highest BCUT2D eigenvalue weighted by molar-refractivity contribution is 9.10. The average Bonchev–Trinajstić information content (AvgIpc) is 2.25. The zero-order chi connectivity index (χ0) is 11.7. The van der Waals surface area contributed by atoms with Crippen molar-refractivity contribution in [2.75, 3.05) is 5.73 Å². The first-order valence-corrected chi connectivity index (χ1v) is 5.80. The van der Waals surface area contributed by atoms with Gasteiger partial charge in [0.1, 0.15) is 10.3 Å². The van der Waals surface area contributed by atoms with Crippen LogP contribution in [0.1, 0.15) is 5.56 Å². The predicted octanol–water partition coefficient (Wildman–Crippen LogP) is 3.45. The highest BCUT2D eigenvalue weighted by atomic mass is 79.9. The normalized spacial score (nSPS) is 10.4. The fraction of sp³-hybridized carbons (Fsp3) is 0.0909. The largest absolute Gasteiger partial charge is 0.382 e. The van der Waals surface area contributed by atoms with Crippen LogP contribution in [0.15, 0.2) is 28.9 Å². The fourth-order valence-corrected chi connectivity index (χ4v) is 1.73. The van der Waals surface area contributed by atoms with Crippen LogP contribution in [0.4, 0.5) is 5.82 Å². The van der Waals surface area contributed by atoms with Crippen molar-refractivity contribution in [3.05, 3.63) is 39.6 Å². The number of aryl methyl sites for hydroxylation is 1. The van der Waals surface area contributed by atoms with Gasteiger partial charge in [-0.05, 0) is 22.9 Å². The van der Waals surface area contributed by atoms with Gasteiger partial charge in [-0.25, -0.2) is 9.97 Å². The lowest BCUT2D eigenvalue weighted by Gasteiger charge is -2.06. The molecule has 0 saturated carbocycles. The van der Waals surface area contributed by atoms with Crippen LogP contribution in [0.2, 0.25) is 5.15 Å². The van der Waals surface area contributed by atoms with Crippen LogP contribution < -0.4 is 5.73 Å². The molecule has 1 heterocycles. The first kappa shape index (κ1) is 11.4. The lowest BCUT2D eigenvalue weighted by atomic mass is 10.1. The van der Waals surface area contributed by atoms with Crippen molar-refractivity contribution < 1.29 is 0 Å². The molecule has 16 heavy (non-hydrogen) atoms. The van der Waals surface area contributed by atoms with Crippen LogP contribution in [0, 0.1) is 6.92 Å². The molecule has 2 N–H and O–H groups in total. The van der Waals surface area contributed by atoms with E-state index in [1.54, 1.807) is 0 Å². The Morgan fingerprint density at radius 2 is 1.81 bits per heavy atom. The summed E-state index contributed by atoms with van der Waals surface area (Å²) in [6.07, 6.45) is 0. The smallest absolute Gasteiger partial charge is 0.164 e. The van der Waals surface area contributed by atoms with Crippen molar-refractivity contribution >= 4 is 33.3 Å². The molecule has 0 saturated heterocycles. The number of nitrogens with two attached hydrogens (primary N) is 1. The molecular weight excluding hydrogens is 289 g/mol. The fourth-order valence-electron chi connectivity index (χ4n) is 1.33. The van der Waals surface area contributed by atoms with Gasteiger partial charge in [-0.1, -0.05) is 41.4 Å². The summed E-state index contributed by atoms with van der Waals surface area (Å²) in [6.45, 7) is 2.02. The molecular formula is C11H9BrClN3. The van der Waals surface area contributed by atoms with E-state index in [0.29, 0.717) is 16.1 Å². The molecule has 0 spiro atoms. The summed E-state index contributed by atoms with van der Waals surface area (Å²) in [4.78, 5) is 8.28. The van der Waals surface area contributed by atoms with E-state index in [0.717, 1.165) is 5.56 Å². The molecule has 0 unspecified atom stereocenters. The Labute approximate surface area is 107 Å². The third kappa shape index (κ3) is 2.18. The molecule has 3 nitrogen and oxygen atoms in total. The molecule has 0 radical (unpaired) electrons. The van der Waals surface area contributed by atoms with Crippen LogP contribution >= 0.6 is 27.5 Å². The highest BCUT2D eigenvalue weighted by Crippen LogP contribution is 2.27. The number of nitrogen functional groups attached to an aromatic ring is 1. The van der Waals surface area contributed by atoms with E-state index in [9.17, 15) is 0 Å². The Morgan fingerprint density at radius 1 is 1.19 bits per heavy atom. The number of benzene rings is 1. The Balaban J connectivity index is 2.56. The third-order valence-corrected chi connectivity index (χ3v) is 3.21. The SMILES string of the molecule is Cc1ccc(-c2nc(Br)c(Cl)nc2N)cc1. The monoisotopic (exact) mass is 297 g/mol. The minimum absolute atomic E-state index is 0.272. The molecule has 2 rings (SSSR count). The van der Waals surface area contributed by atoms with Crippen molar-refractivity contribution in [3.63, 3.8) is 0 Å². The van der Waals surface area contributed by atoms with Crippen molar-refractivity contribution in [1.82, 2.24) is 9.97 Å². The van der Waals surface area contributed by atoms with Gasteiger partial charge in [0.25, 0.3) is 0 Å². The molecule has 0 atom stereocenters. The van der Waals surface area contributed by atoms with Gasteiger partial charge in [0, 0.05) is 5.56 Å². The van der Waals surface area contributed by atoms with Gasteiger partial charge in [-0.3, -0.25) is 0 Å². The topological polar surface area (TPSA) is 51.8 Å². The van der Waals surface area contributed by atoms with Crippen LogP contribution in [0.3, 0.4) is 0 Å². The molecule has 2 aromatic rings. The third-order valence-electron chi connectivity index (χ3n) is 2.17. The molecule has 82 valence electrons. The quantitative estimate of drug-likeness (QED) is 0.877. The molecule has 1 aromatic heterocycles. The zero-order valence-corrected chi connectivity index (χ0v) is 10.9. The summed E-state index contributed by atoms with van der Waals surface area (Å²) in [7, 11) is 0. The Morgan fingerprint density at radius 3 is 2.44 bits per heavy atom. The van der Waals surface area contributed by atoms with Crippen LogP contribution in [0.5, 0.6) is 0 Å². The Kier molecular flexibility index (Phi) is 3.12. The molecule has 0 aliphatic carbocycles. The van der Waals surface area contributed by atoms with E-state index in [1.807, 2.05) is 31.2 Å². The van der Waals surface area contributed by atoms with E-state index in [2.05, 4.69) is 25.9 Å². The number of aromatic nitrogens is 2. The Bertz CT molecular complexity index is 525. The molecule has 1 aromatic carbocycles. The van der Waals surface area contributed by atoms with E-state index >= 15 is 0 Å². The van der Waals surface area contributed by atoms with Crippen LogP contribution in [-0.2, 0) is 0 Å². The first-order valence-electron chi connectivity index (χ1n) is 4.63. The lowest BCUT2D eigenvalue weighted by Crippen LogP contribution is -1.98. The second kappa shape index (κ2) is 4.39. The second-order valence-corrected chi connectivity index (χ2v) is 4.51. The number of nitrogens with zero attached hydrogens (tertiary/aromatic N) is 2. The van der Waals surface area contributed by atoms with Gasteiger partial charge in [0.2, 0.25) is 0 Å². The van der Waals surface area contributed by atoms with Crippen LogP contribution in [0.25, 0.3) is 11.3 Å². The molecule has 0 bridgehead atoms. The van der Waals surface area contributed by atoms with E-state index in [1.165, 1.54) is 5.56 Å². The first-order chi connectivity index (χ1) is 7.58. The maximum Gasteiger partial charge on any atom is 0.164 e. The van der Waals surface area contributed by atoms with Crippen molar-refractivity contribution in [2.24, 2.45) is 0 Å². The average molecular weight is 299 g/mol. The highest BCUT2D eigenvalue weighted by Gasteiger charge is 2.09. The number of halogens is 2.